The number of hydrogen-bond acceptors (Lipinski definition) is 3. The number of benzene rings is 1. The van der Waals surface area contributed by atoms with Crippen LogP contribution in [0.1, 0.15) is 0 Å². The van der Waals surface area contributed by atoms with Crippen LogP contribution in [-0.4, -0.2) is 15.0 Å². The van der Waals surface area contributed by atoms with E-state index in [-0.39, 0.29) is 32.2 Å². The molecule has 8 heteroatoms. The molecule has 0 spiro atoms. The van der Waals surface area contributed by atoms with Crippen LogP contribution in [-0.2, 0) is 10.0 Å². The van der Waals surface area contributed by atoms with Crippen molar-refractivity contribution in [3.05, 3.63) is 33.8 Å². The summed E-state index contributed by atoms with van der Waals surface area (Å²) in [6.45, 7) is 3.26. The minimum atomic E-state index is -3.84. The van der Waals surface area contributed by atoms with Crippen molar-refractivity contribution in [2.75, 3.05) is 12.3 Å². The van der Waals surface area contributed by atoms with E-state index >= 15 is 0 Å². The number of hydrogen-bond donors (Lipinski definition) is 2. The lowest BCUT2D eigenvalue weighted by Crippen LogP contribution is -2.26. The first-order valence-corrected chi connectivity index (χ1v) is 6.93. The highest BCUT2D eigenvalue weighted by atomic mass is 35.5. The average molecular weight is 316 g/mol. The van der Waals surface area contributed by atoms with Gasteiger partial charge in [-0.05, 0) is 12.1 Å². The van der Waals surface area contributed by atoms with E-state index in [1.807, 2.05) is 0 Å². The first-order valence-electron chi connectivity index (χ1n) is 4.31. The lowest BCUT2D eigenvalue weighted by atomic mass is 10.3. The van der Waals surface area contributed by atoms with Crippen molar-refractivity contribution >= 4 is 50.5 Å². The van der Waals surface area contributed by atoms with Gasteiger partial charge in [0.05, 0.1) is 10.7 Å². The molecule has 0 unspecified atom stereocenters. The van der Waals surface area contributed by atoms with E-state index in [2.05, 4.69) is 11.3 Å². The zero-order valence-electron chi connectivity index (χ0n) is 8.50. The van der Waals surface area contributed by atoms with E-state index in [1.54, 1.807) is 0 Å². The van der Waals surface area contributed by atoms with E-state index < -0.39 is 10.0 Å². The van der Waals surface area contributed by atoms with Gasteiger partial charge in [-0.1, -0.05) is 41.4 Å². The molecule has 0 aliphatic rings. The molecule has 0 fully saturated rings. The fraction of sp³-hybridized carbons (Fsp3) is 0.111. The third-order valence-electron chi connectivity index (χ3n) is 1.76. The Morgan fingerprint density at radius 2 is 2.00 bits per heavy atom. The van der Waals surface area contributed by atoms with Gasteiger partial charge in [-0.15, -0.1) is 0 Å². The molecular weight excluding hydrogens is 307 g/mol. The molecule has 0 aliphatic carbocycles. The van der Waals surface area contributed by atoms with Gasteiger partial charge in [0.1, 0.15) is 4.90 Å². The van der Waals surface area contributed by atoms with Crippen molar-refractivity contribution in [3.8, 4) is 0 Å². The Morgan fingerprint density at radius 3 is 2.47 bits per heavy atom. The van der Waals surface area contributed by atoms with E-state index in [4.69, 9.17) is 40.5 Å². The summed E-state index contributed by atoms with van der Waals surface area (Å²) in [5.41, 5.74) is 5.54. The van der Waals surface area contributed by atoms with Crippen LogP contribution in [0.15, 0.2) is 28.6 Å². The predicted molar refractivity (Wildman–Crippen MR) is 71.1 cm³/mol. The molecular formula is C9H9Cl3N2O2S. The smallest absolute Gasteiger partial charge is 0.244 e. The summed E-state index contributed by atoms with van der Waals surface area (Å²) in [5.74, 6) is 0. The summed E-state index contributed by atoms with van der Waals surface area (Å²) in [7, 11) is -3.84. The standard InChI is InChI=1S/C9H9Cl3N2O2S/c1-5(10)4-14-17(15,16)9-7(12)2-6(11)3-8(9)13/h2-3,14H,1,4,13H2. The molecule has 0 atom stereocenters. The molecule has 17 heavy (non-hydrogen) atoms. The third-order valence-corrected chi connectivity index (χ3v) is 4.04. The molecule has 0 aromatic heterocycles. The second-order valence-electron chi connectivity index (χ2n) is 3.15. The van der Waals surface area contributed by atoms with Gasteiger partial charge in [-0.2, -0.15) is 0 Å². The molecule has 0 saturated carbocycles. The maximum atomic E-state index is 11.9. The zero-order chi connectivity index (χ0) is 13.2. The molecule has 3 N–H and O–H groups in total. The molecule has 4 nitrogen and oxygen atoms in total. The second kappa shape index (κ2) is 5.46. The lowest BCUT2D eigenvalue weighted by Gasteiger charge is -2.10. The molecule has 0 radical (unpaired) electrons. The summed E-state index contributed by atoms with van der Waals surface area (Å²) in [6.07, 6.45) is 0. The van der Waals surface area contributed by atoms with Crippen LogP contribution in [0.5, 0.6) is 0 Å². The molecule has 94 valence electrons. The van der Waals surface area contributed by atoms with Gasteiger partial charge in [-0.25, -0.2) is 13.1 Å². The van der Waals surface area contributed by atoms with E-state index in [0.29, 0.717) is 0 Å². The number of nitrogen functional groups attached to an aromatic ring is 1. The molecule has 1 aromatic carbocycles. The Bertz CT molecular complexity index is 534. The molecule has 0 bridgehead atoms. The van der Waals surface area contributed by atoms with Crippen molar-refractivity contribution in [1.29, 1.82) is 0 Å². The minimum Gasteiger partial charge on any atom is -0.398 e. The van der Waals surface area contributed by atoms with Crippen molar-refractivity contribution < 1.29 is 8.42 Å². The second-order valence-corrected chi connectivity index (χ2v) is 6.23. The highest BCUT2D eigenvalue weighted by Crippen LogP contribution is 2.30. The van der Waals surface area contributed by atoms with E-state index in [9.17, 15) is 8.42 Å². The van der Waals surface area contributed by atoms with Gasteiger partial charge in [0.15, 0.2) is 0 Å². The van der Waals surface area contributed by atoms with Crippen LogP contribution < -0.4 is 10.5 Å². The van der Waals surface area contributed by atoms with E-state index in [0.717, 1.165) is 0 Å². The van der Waals surface area contributed by atoms with Gasteiger partial charge in [0.25, 0.3) is 0 Å². The molecule has 1 rings (SSSR count). The normalized spacial score (nSPS) is 11.5. The largest absolute Gasteiger partial charge is 0.398 e. The SMILES string of the molecule is C=C(Cl)CNS(=O)(=O)c1c(N)cc(Cl)cc1Cl. The monoisotopic (exact) mass is 314 g/mol. The number of halogens is 3. The Labute approximate surface area is 114 Å². The highest BCUT2D eigenvalue weighted by molar-refractivity contribution is 7.89. The topological polar surface area (TPSA) is 72.2 Å². The minimum absolute atomic E-state index is 0.0322. The summed E-state index contributed by atoms with van der Waals surface area (Å²) in [5, 5.41) is 0.355. The van der Waals surface area contributed by atoms with Crippen LogP contribution in [0.3, 0.4) is 0 Å². The number of nitrogens with one attached hydrogen (secondary N) is 1. The first-order chi connectivity index (χ1) is 7.74. The van der Waals surface area contributed by atoms with Crippen LogP contribution in [0.2, 0.25) is 10.0 Å². The first kappa shape index (κ1) is 14.6. The molecule has 0 amide bonds. The molecule has 0 aliphatic heterocycles. The Kier molecular flexibility index (Phi) is 4.69. The zero-order valence-corrected chi connectivity index (χ0v) is 11.6. The van der Waals surface area contributed by atoms with Crippen molar-refractivity contribution in [2.24, 2.45) is 0 Å². The van der Waals surface area contributed by atoms with Gasteiger partial charge in [0.2, 0.25) is 10.0 Å². The van der Waals surface area contributed by atoms with Crippen molar-refractivity contribution in [2.45, 2.75) is 4.90 Å². The number of anilines is 1. The fourth-order valence-electron chi connectivity index (χ4n) is 1.11. The molecule has 0 heterocycles. The number of nitrogens with two attached hydrogens (primary N) is 1. The third kappa shape index (κ3) is 3.76. The molecule has 1 aromatic rings. The summed E-state index contributed by atoms with van der Waals surface area (Å²) in [6, 6.07) is 2.60. The van der Waals surface area contributed by atoms with Crippen LogP contribution in [0.25, 0.3) is 0 Å². The van der Waals surface area contributed by atoms with Crippen molar-refractivity contribution in [3.63, 3.8) is 0 Å². The fourth-order valence-corrected chi connectivity index (χ4v) is 3.26. The maximum Gasteiger partial charge on any atom is 0.244 e. The van der Waals surface area contributed by atoms with Gasteiger partial charge in [0, 0.05) is 16.6 Å². The summed E-state index contributed by atoms with van der Waals surface area (Å²) in [4.78, 5) is -0.221. The average Bonchev–Trinajstić information content (AvgIpc) is 2.12. The number of rotatable bonds is 4. The number of sulfonamides is 1. The van der Waals surface area contributed by atoms with Crippen molar-refractivity contribution in [1.82, 2.24) is 4.72 Å². The maximum absolute atomic E-state index is 11.9. The Hall–Kier alpha value is -0.460. The predicted octanol–water partition coefficient (Wildman–Crippen LogP) is 2.61. The van der Waals surface area contributed by atoms with Crippen LogP contribution >= 0.6 is 34.8 Å². The van der Waals surface area contributed by atoms with Gasteiger partial charge < -0.3 is 5.73 Å². The summed E-state index contributed by atoms with van der Waals surface area (Å²) < 4.78 is 26.0. The van der Waals surface area contributed by atoms with Crippen LogP contribution in [0, 0.1) is 0 Å². The van der Waals surface area contributed by atoms with Gasteiger partial charge >= 0.3 is 0 Å². The Balaban J connectivity index is 3.20. The quantitative estimate of drug-likeness (QED) is 0.839. The summed E-state index contributed by atoms with van der Waals surface area (Å²) >= 11 is 16.9. The highest BCUT2D eigenvalue weighted by Gasteiger charge is 2.21. The van der Waals surface area contributed by atoms with Gasteiger partial charge in [-0.3, -0.25) is 0 Å². The van der Waals surface area contributed by atoms with E-state index in [1.165, 1.54) is 12.1 Å². The van der Waals surface area contributed by atoms with Crippen LogP contribution in [0.4, 0.5) is 5.69 Å². The lowest BCUT2D eigenvalue weighted by molar-refractivity contribution is 0.586. The Morgan fingerprint density at radius 1 is 1.41 bits per heavy atom. The molecule has 0 saturated heterocycles.